The highest BCUT2D eigenvalue weighted by Gasteiger charge is 2.20. The highest BCUT2D eigenvalue weighted by molar-refractivity contribution is 6.00. The first-order valence-corrected chi connectivity index (χ1v) is 6.19. The first-order chi connectivity index (χ1) is 10.6. The predicted octanol–water partition coefficient (Wildman–Crippen LogP) is 0.544. The maximum atomic E-state index is 12.0. The second-order valence-corrected chi connectivity index (χ2v) is 4.16. The highest BCUT2D eigenvalue weighted by Crippen LogP contribution is 2.18. The van der Waals surface area contributed by atoms with Crippen molar-refractivity contribution in [2.45, 2.75) is 0 Å². The summed E-state index contributed by atoms with van der Waals surface area (Å²) in [4.78, 5) is 23.5. The van der Waals surface area contributed by atoms with Crippen molar-refractivity contribution in [3.05, 3.63) is 35.4 Å². The molecule has 0 aliphatic rings. The van der Waals surface area contributed by atoms with E-state index >= 15 is 0 Å². The number of benzene rings is 1. The van der Waals surface area contributed by atoms with Crippen LogP contribution >= 0.6 is 0 Å². The Hall–Kier alpha value is -3.23. The van der Waals surface area contributed by atoms with Crippen LogP contribution in [0.3, 0.4) is 0 Å². The monoisotopic (exact) mass is 305 g/mol. The molecule has 9 nitrogen and oxygen atoms in total. The van der Waals surface area contributed by atoms with Gasteiger partial charge < -0.3 is 15.2 Å². The van der Waals surface area contributed by atoms with E-state index in [-0.39, 0.29) is 17.2 Å². The summed E-state index contributed by atoms with van der Waals surface area (Å²) in [6.45, 7) is 0. The average molecular weight is 305 g/mol. The number of aromatic nitrogens is 2. The Kier molecular flexibility index (Phi) is 4.47. The zero-order chi connectivity index (χ0) is 16.1. The molecule has 0 bridgehead atoms. The van der Waals surface area contributed by atoms with Gasteiger partial charge in [-0.05, 0) is 24.3 Å². The van der Waals surface area contributed by atoms with E-state index in [0.717, 1.165) is 0 Å². The molecule has 0 atom stereocenters. The summed E-state index contributed by atoms with van der Waals surface area (Å²) >= 11 is 0. The van der Waals surface area contributed by atoms with Crippen molar-refractivity contribution >= 4 is 23.5 Å². The zero-order valence-electron chi connectivity index (χ0n) is 12.0. The van der Waals surface area contributed by atoms with E-state index in [4.69, 9.17) is 10.5 Å². The van der Waals surface area contributed by atoms with Gasteiger partial charge >= 0.3 is 5.97 Å². The summed E-state index contributed by atoms with van der Waals surface area (Å²) in [5, 5.41) is 6.21. The van der Waals surface area contributed by atoms with Crippen LogP contribution in [0, 0.1) is 0 Å². The molecule has 2 rings (SSSR count). The SMILES string of the molecule is COC(=O)c1c(NNC(=O)c2ccc(OC)cc2)n[nH]c1N. The number of carbonyl (C=O) groups is 2. The van der Waals surface area contributed by atoms with E-state index in [1.165, 1.54) is 14.2 Å². The van der Waals surface area contributed by atoms with E-state index in [1.807, 2.05) is 0 Å². The van der Waals surface area contributed by atoms with E-state index in [2.05, 4.69) is 25.8 Å². The van der Waals surface area contributed by atoms with Crippen LogP contribution in [0.15, 0.2) is 24.3 Å². The molecule has 0 saturated heterocycles. The molecule has 2 aromatic rings. The number of rotatable bonds is 5. The lowest BCUT2D eigenvalue weighted by Gasteiger charge is -2.08. The maximum Gasteiger partial charge on any atom is 0.345 e. The molecule has 1 aromatic carbocycles. The number of nitrogens with one attached hydrogen (secondary N) is 3. The number of amides is 1. The minimum absolute atomic E-state index is 0.0116. The summed E-state index contributed by atoms with van der Waals surface area (Å²) in [6, 6.07) is 6.49. The molecule has 9 heteroatoms. The van der Waals surface area contributed by atoms with Gasteiger partial charge in [-0.15, -0.1) is 0 Å². The summed E-state index contributed by atoms with van der Waals surface area (Å²) in [5.74, 6) is -0.357. The minimum Gasteiger partial charge on any atom is -0.497 e. The van der Waals surface area contributed by atoms with Crippen LogP contribution in [0.25, 0.3) is 0 Å². The number of methoxy groups -OCH3 is 2. The van der Waals surface area contributed by atoms with Crippen LogP contribution in [0.2, 0.25) is 0 Å². The van der Waals surface area contributed by atoms with E-state index in [0.29, 0.717) is 11.3 Å². The highest BCUT2D eigenvalue weighted by atomic mass is 16.5. The molecule has 0 spiro atoms. The number of nitrogen functional groups attached to an aromatic ring is 1. The van der Waals surface area contributed by atoms with Crippen molar-refractivity contribution in [3.8, 4) is 5.75 Å². The van der Waals surface area contributed by atoms with E-state index in [1.54, 1.807) is 24.3 Å². The molecule has 5 N–H and O–H groups in total. The van der Waals surface area contributed by atoms with Gasteiger partial charge in [-0.3, -0.25) is 20.7 Å². The van der Waals surface area contributed by atoms with Gasteiger partial charge in [-0.25, -0.2) is 4.79 Å². The van der Waals surface area contributed by atoms with Crippen molar-refractivity contribution in [1.82, 2.24) is 15.6 Å². The fourth-order valence-corrected chi connectivity index (χ4v) is 1.69. The Morgan fingerprint density at radius 2 is 1.91 bits per heavy atom. The topological polar surface area (TPSA) is 131 Å². The summed E-state index contributed by atoms with van der Waals surface area (Å²) < 4.78 is 9.60. The number of hydrazine groups is 1. The van der Waals surface area contributed by atoms with Crippen LogP contribution in [0.5, 0.6) is 5.75 Å². The third-order valence-corrected chi connectivity index (χ3v) is 2.83. The van der Waals surface area contributed by atoms with Crippen LogP contribution < -0.4 is 21.3 Å². The first kappa shape index (κ1) is 15.2. The third kappa shape index (κ3) is 3.08. The molecule has 22 heavy (non-hydrogen) atoms. The number of hydrogen-bond donors (Lipinski definition) is 4. The molecule has 0 aliphatic heterocycles. The number of aromatic amines is 1. The molecule has 1 aromatic heterocycles. The predicted molar refractivity (Wildman–Crippen MR) is 78.4 cm³/mol. The second-order valence-electron chi connectivity index (χ2n) is 4.16. The van der Waals surface area contributed by atoms with Gasteiger partial charge in [-0.2, -0.15) is 5.10 Å². The zero-order valence-corrected chi connectivity index (χ0v) is 12.0. The normalized spacial score (nSPS) is 9.91. The third-order valence-electron chi connectivity index (χ3n) is 2.83. The molecule has 0 radical (unpaired) electrons. The number of nitrogens with two attached hydrogens (primary N) is 1. The summed E-state index contributed by atoms with van der Waals surface area (Å²) in [6.07, 6.45) is 0. The fraction of sp³-hybridized carbons (Fsp3) is 0.154. The minimum atomic E-state index is -0.674. The van der Waals surface area contributed by atoms with Gasteiger partial charge in [0.25, 0.3) is 5.91 Å². The molecule has 0 saturated carbocycles. The number of carbonyl (C=O) groups excluding carboxylic acids is 2. The average Bonchev–Trinajstić information content (AvgIpc) is 2.92. The lowest BCUT2D eigenvalue weighted by Crippen LogP contribution is -2.30. The van der Waals surface area contributed by atoms with E-state index < -0.39 is 11.9 Å². The van der Waals surface area contributed by atoms with Gasteiger partial charge in [-0.1, -0.05) is 0 Å². The molecule has 1 heterocycles. The molecule has 0 aliphatic carbocycles. The number of H-pyrrole nitrogens is 1. The van der Waals surface area contributed by atoms with Crippen LogP contribution in [-0.2, 0) is 4.74 Å². The number of anilines is 2. The van der Waals surface area contributed by atoms with Crippen molar-refractivity contribution in [2.75, 3.05) is 25.4 Å². The van der Waals surface area contributed by atoms with Crippen molar-refractivity contribution in [2.24, 2.45) is 0 Å². The van der Waals surface area contributed by atoms with Crippen molar-refractivity contribution < 1.29 is 19.1 Å². The number of esters is 1. The van der Waals surface area contributed by atoms with Gasteiger partial charge in [0.05, 0.1) is 14.2 Å². The quantitative estimate of drug-likeness (QED) is 0.468. The maximum absolute atomic E-state index is 12.0. The van der Waals surface area contributed by atoms with E-state index in [9.17, 15) is 9.59 Å². The van der Waals surface area contributed by atoms with Gasteiger partial charge in [0.15, 0.2) is 5.82 Å². The molecular weight excluding hydrogens is 290 g/mol. The van der Waals surface area contributed by atoms with Crippen LogP contribution in [0.1, 0.15) is 20.7 Å². The van der Waals surface area contributed by atoms with Crippen LogP contribution in [0.4, 0.5) is 11.6 Å². The lowest BCUT2D eigenvalue weighted by molar-refractivity contribution is 0.0602. The lowest BCUT2D eigenvalue weighted by atomic mass is 10.2. The Bertz CT molecular complexity index is 680. The van der Waals surface area contributed by atoms with Gasteiger partial charge in [0.1, 0.15) is 17.1 Å². The summed E-state index contributed by atoms with van der Waals surface area (Å²) in [5.41, 5.74) is 10.9. The smallest absolute Gasteiger partial charge is 0.345 e. The Labute approximate surface area is 125 Å². The number of ether oxygens (including phenoxy) is 2. The molecule has 0 fully saturated rings. The molecule has 0 unspecified atom stereocenters. The van der Waals surface area contributed by atoms with Gasteiger partial charge in [0.2, 0.25) is 0 Å². The fourth-order valence-electron chi connectivity index (χ4n) is 1.69. The summed E-state index contributed by atoms with van der Waals surface area (Å²) in [7, 11) is 2.75. The standard InChI is InChI=1S/C13H15N5O4/c1-21-8-5-3-7(4-6-8)12(19)18-17-11-9(13(20)22-2)10(14)15-16-11/h3-6H,1-2H3,(H,18,19)(H4,14,15,16,17). The Morgan fingerprint density at radius 1 is 1.23 bits per heavy atom. The van der Waals surface area contributed by atoms with Crippen molar-refractivity contribution in [1.29, 1.82) is 0 Å². The Morgan fingerprint density at radius 3 is 2.50 bits per heavy atom. The molecular formula is C13H15N5O4. The molecule has 1 amide bonds. The molecule has 116 valence electrons. The van der Waals surface area contributed by atoms with Crippen molar-refractivity contribution in [3.63, 3.8) is 0 Å². The Balaban J connectivity index is 2.06. The first-order valence-electron chi connectivity index (χ1n) is 6.19. The van der Waals surface area contributed by atoms with Crippen LogP contribution in [-0.4, -0.2) is 36.3 Å². The van der Waals surface area contributed by atoms with Gasteiger partial charge in [0, 0.05) is 5.56 Å². The second kappa shape index (κ2) is 6.48. The largest absolute Gasteiger partial charge is 0.497 e. The number of nitrogens with zero attached hydrogens (tertiary/aromatic N) is 1. The number of hydrogen-bond acceptors (Lipinski definition) is 7.